The normalized spacial score (nSPS) is 31.0. The van der Waals surface area contributed by atoms with Crippen LogP contribution in [-0.4, -0.2) is 101 Å². The van der Waals surface area contributed by atoms with Crippen molar-refractivity contribution in [3.05, 3.63) is 107 Å². The van der Waals surface area contributed by atoms with E-state index in [2.05, 4.69) is 259 Å². The second kappa shape index (κ2) is 35.7. The molecule has 0 aliphatic heterocycles. The lowest BCUT2D eigenvalue weighted by atomic mass is 9.61. The summed E-state index contributed by atoms with van der Waals surface area (Å²) in [6, 6.07) is 0. The lowest BCUT2D eigenvalue weighted by molar-refractivity contribution is -0.114. The van der Waals surface area contributed by atoms with Gasteiger partial charge in [-0.3, -0.25) is 4.79 Å². The highest BCUT2D eigenvalue weighted by Crippen LogP contribution is 2.63. The van der Waals surface area contributed by atoms with E-state index in [4.69, 9.17) is 28.7 Å². The fourth-order valence-corrected chi connectivity index (χ4v) is 24.4. The first-order valence-electron chi connectivity index (χ1n) is 42.4. The van der Waals surface area contributed by atoms with Crippen LogP contribution in [0.15, 0.2) is 107 Å². The minimum absolute atomic E-state index is 0. The van der Waals surface area contributed by atoms with Gasteiger partial charge in [-0.05, 0) is 275 Å². The predicted molar refractivity (Wildman–Crippen MR) is 476 cm³/mol. The molecule has 0 aromatic heterocycles. The molecule has 8 rings (SSSR count). The van der Waals surface area contributed by atoms with Crippen molar-refractivity contribution in [3.63, 3.8) is 0 Å². The Hall–Kier alpha value is -1.87. The molecule has 0 amide bonds. The molecule has 0 aromatic rings. The molecule has 0 heterocycles. The van der Waals surface area contributed by atoms with Crippen LogP contribution in [0.3, 0.4) is 0 Å². The van der Waals surface area contributed by atoms with Crippen molar-refractivity contribution in [2.45, 2.75) is 415 Å². The van der Waals surface area contributed by atoms with Crippen LogP contribution in [-0.2, 0) is 26.9 Å². The first-order valence-corrected chi connectivity index (χ1v) is 56.9. The summed E-state index contributed by atoms with van der Waals surface area (Å²) in [7, 11) is -9.98. The third kappa shape index (κ3) is 22.6. The molecule has 0 bridgehead atoms. The zero-order chi connectivity index (χ0) is 79.1. The summed E-state index contributed by atoms with van der Waals surface area (Å²) in [6.45, 7) is 80.4. The third-order valence-corrected chi connectivity index (χ3v) is 53.3. The number of aliphatic hydroxyl groups excluding tert-OH is 2. The van der Waals surface area contributed by atoms with Gasteiger partial charge in [0.25, 0.3) is 0 Å². The summed E-state index contributed by atoms with van der Waals surface area (Å²) in [5, 5.41) is 21.2. The Balaban J connectivity index is 0.000000388. The van der Waals surface area contributed by atoms with E-state index in [0.29, 0.717) is 41.9 Å². The van der Waals surface area contributed by atoms with Gasteiger partial charge < -0.3 is 32.3 Å². The molecule has 614 valence electrons. The van der Waals surface area contributed by atoms with E-state index >= 15 is 0 Å². The highest BCUT2D eigenvalue weighted by Gasteiger charge is 2.56. The second-order valence-electron chi connectivity index (χ2n) is 43.6. The number of rotatable bonds is 26. The van der Waals surface area contributed by atoms with Crippen LogP contribution in [0.4, 0.5) is 0 Å². The molecule has 14 atom stereocenters. The number of allylic oxidation sites excluding steroid dienone is 9. The van der Waals surface area contributed by atoms with E-state index in [1.165, 1.54) is 80.9 Å². The number of hydrogen-bond donors (Lipinski definition) is 2. The van der Waals surface area contributed by atoms with E-state index in [0.717, 1.165) is 69.8 Å². The van der Waals surface area contributed by atoms with Crippen LogP contribution >= 0.6 is 0 Å². The van der Waals surface area contributed by atoms with Gasteiger partial charge in [0.15, 0.2) is 47.4 Å². The average molecular weight is 1570 g/mol. The highest BCUT2D eigenvalue weighted by molar-refractivity contribution is 6.76. The molecule has 0 spiro atoms. The summed E-state index contributed by atoms with van der Waals surface area (Å²) < 4.78 is 35.7. The zero-order valence-electron chi connectivity index (χ0n) is 73.5. The van der Waals surface area contributed by atoms with Gasteiger partial charge in [0, 0.05) is 30.1 Å². The average Bonchev–Trinajstić information content (AvgIpc) is 1.64. The fourth-order valence-electron chi connectivity index (χ4n) is 17.8. The minimum Gasteiger partial charge on any atom is -0.413 e. The van der Waals surface area contributed by atoms with Crippen LogP contribution < -0.4 is 0 Å². The van der Waals surface area contributed by atoms with Gasteiger partial charge in [-0.1, -0.05) is 239 Å². The molecule has 0 unspecified atom stereocenters. The smallest absolute Gasteiger partial charge is 0.192 e. The molecule has 0 saturated heterocycles. The summed E-state index contributed by atoms with van der Waals surface area (Å²) in [5.74, 6) is 3.58. The minimum atomic E-state index is -2.05. The van der Waals surface area contributed by atoms with Gasteiger partial charge in [0.05, 0.1) is 43.2 Å². The summed E-state index contributed by atoms with van der Waals surface area (Å²) in [5.41, 5.74) is 8.44. The van der Waals surface area contributed by atoms with E-state index < -0.39 is 47.7 Å². The van der Waals surface area contributed by atoms with Crippen LogP contribution in [0.25, 0.3) is 0 Å². The first-order chi connectivity index (χ1) is 48.0. The lowest BCUT2D eigenvalue weighted by Crippen LogP contribution is -2.49. The molecule has 8 fully saturated rings. The Bertz CT molecular complexity index is 3220. The Morgan fingerprint density at radius 1 is 0.533 bits per heavy atom. The maximum atomic E-state index is 12.8. The van der Waals surface area contributed by atoms with Gasteiger partial charge in [0.2, 0.25) is 0 Å². The topological polar surface area (TPSA) is 104 Å². The molecule has 8 saturated carbocycles. The van der Waals surface area contributed by atoms with Crippen LogP contribution in [0.1, 0.15) is 288 Å². The van der Waals surface area contributed by atoms with Crippen molar-refractivity contribution in [2.24, 2.45) is 57.2 Å². The standard InChI is InChI=1S/C52H92O4Si3.C40H70O4Si2.2CH4/c1-20-21-24-42(53)31-33-52(34-35-52)47(56-59(18,19)50(10,11)12)30-25-38(2)44-28-29-45-40(23-22-32-51(44,45)13)26-27-41-36-43(54-57(14,15)48(4,5)6)37-46(39(41)3)55-58(16,17)49(7,8)9;1-28(16-21-36(42)40(27-41)23-24-40)33-19-20-34-30(15-14-22-39(33,34)9)17-18-31-25-32(43-45(10,11)37(3,4)5)26-35(29(31)2)44-46(12,13)38(6,7)8;;/h25-27,30-31,33,38,43-47H,3,20-24,28-29,32,34-37H2,1-2,4-19H3;16-18,21,28,32-36,41-42H,2,14-15,19-20,22-27H2,1,3-13H3;2*1H4/b30-25+,33-31+,40-26+,41-27-;21-16+,30-17+,31-18-;;/t38-,43-,44-,45+,46+,47-,51-;28-,32-,33-,34+,35+,36-,39-;;/m11../s1. The number of fused-ring (bicyclic) bond motifs is 2. The van der Waals surface area contributed by atoms with Crippen molar-refractivity contribution < 1.29 is 37.1 Å². The van der Waals surface area contributed by atoms with Crippen LogP contribution in [0.2, 0.25) is 90.7 Å². The Morgan fingerprint density at radius 3 is 1.25 bits per heavy atom. The Kier molecular flexibility index (Phi) is 31.9. The molecule has 2 N–H and O–H groups in total. The molecular formula is C94H170O8Si5. The molecule has 0 radical (unpaired) electrons. The van der Waals surface area contributed by atoms with Crippen molar-refractivity contribution in [1.29, 1.82) is 0 Å². The van der Waals surface area contributed by atoms with Crippen molar-refractivity contribution >= 4 is 47.4 Å². The number of carbonyl (C=O) groups is 1. The first kappa shape index (κ1) is 95.7. The number of carbonyl (C=O) groups excluding carboxylic acids is 1. The quantitative estimate of drug-likeness (QED) is 0.0502. The van der Waals surface area contributed by atoms with Gasteiger partial charge in [0.1, 0.15) is 0 Å². The van der Waals surface area contributed by atoms with Crippen LogP contribution in [0.5, 0.6) is 0 Å². The monoisotopic (exact) mass is 1570 g/mol. The van der Waals surface area contributed by atoms with Crippen molar-refractivity contribution in [1.82, 2.24) is 0 Å². The second-order valence-corrected chi connectivity index (χ2v) is 67.4. The molecule has 107 heavy (non-hydrogen) atoms. The predicted octanol–water partition coefficient (Wildman–Crippen LogP) is 27.6. The largest absolute Gasteiger partial charge is 0.413 e. The van der Waals surface area contributed by atoms with Gasteiger partial charge in [-0.15, -0.1) is 0 Å². The molecule has 8 nitrogen and oxygen atoms in total. The van der Waals surface area contributed by atoms with Gasteiger partial charge >= 0.3 is 0 Å². The lowest BCUT2D eigenvalue weighted by Gasteiger charge is -2.45. The van der Waals surface area contributed by atoms with Crippen molar-refractivity contribution in [2.75, 3.05) is 6.61 Å². The fraction of sp³-hybridized carbons (Fsp3) is 0.798. The van der Waals surface area contributed by atoms with Crippen LogP contribution in [0, 0.1) is 57.2 Å². The Morgan fingerprint density at radius 2 is 0.907 bits per heavy atom. The summed E-state index contributed by atoms with van der Waals surface area (Å²) >= 11 is 0. The number of unbranched alkanes of at least 4 members (excludes halogenated alkanes) is 1. The number of ketones is 1. The van der Waals surface area contributed by atoms with E-state index in [1.807, 2.05) is 12.2 Å². The molecule has 8 aliphatic carbocycles. The maximum absolute atomic E-state index is 12.8. The van der Waals surface area contributed by atoms with E-state index in [-0.39, 0.29) is 105 Å². The molecule has 0 aromatic carbocycles. The Labute approximate surface area is 666 Å². The van der Waals surface area contributed by atoms with E-state index in [9.17, 15) is 15.0 Å². The summed E-state index contributed by atoms with van der Waals surface area (Å²) in [6.07, 6.45) is 45.7. The maximum Gasteiger partial charge on any atom is 0.192 e. The number of hydrogen-bond acceptors (Lipinski definition) is 8. The molecule has 8 aliphatic rings. The summed E-state index contributed by atoms with van der Waals surface area (Å²) in [4.78, 5) is 12.8. The van der Waals surface area contributed by atoms with Gasteiger partial charge in [-0.2, -0.15) is 0 Å². The number of aliphatic hydroxyl groups is 2. The van der Waals surface area contributed by atoms with E-state index in [1.54, 1.807) is 11.1 Å². The highest BCUT2D eigenvalue weighted by atomic mass is 28.4. The van der Waals surface area contributed by atoms with Gasteiger partial charge in [-0.25, -0.2) is 0 Å². The SMILES string of the molecule is C.C.C=C1/C(=C\C=C2/CCC[C@]3(C)[C@@H]([C@H](C)/C=C/[C@@H](O)C4(CO)CC4)CC[C@@H]23)C[C@@H](O[Si](C)(C)C(C)(C)C)C[C@@H]1O[Si](C)(C)C(C)(C)C.C=C1/C(=C\C=C2/CCC[C@]3(C)[C@@H]([C@H](C)/C=C/[C@@H](O[Si](C)(C)C(C)(C)C)C4(/C=C/C(=O)CCCC)CC4)CC[C@@H]23)C[C@@H](O[Si](C)(C)C(C)(C)C)C[C@@H]1O[Si](C)(C)C(C)(C)C. The molecular weight excluding hydrogens is 1400 g/mol. The van der Waals surface area contributed by atoms with Crippen molar-refractivity contribution in [3.8, 4) is 0 Å². The molecule has 13 heteroatoms. The third-order valence-electron chi connectivity index (χ3n) is 30.8. The zero-order valence-corrected chi connectivity index (χ0v) is 78.5.